The molecule has 1 heterocycles. The fourth-order valence-electron chi connectivity index (χ4n) is 2.66. The number of benzene rings is 1. The Hall–Kier alpha value is -1.00. The van der Waals surface area contributed by atoms with Gasteiger partial charge in [-0.2, -0.15) is 4.31 Å². The van der Waals surface area contributed by atoms with Crippen molar-refractivity contribution in [3.05, 3.63) is 29.3 Å². The summed E-state index contributed by atoms with van der Waals surface area (Å²) >= 11 is 0. The third kappa shape index (κ3) is 3.74. The minimum absolute atomic E-state index is 0.0190. The van der Waals surface area contributed by atoms with Crippen molar-refractivity contribution >= 4 is 19.9 Å². The summed E-state index contributed by atoms with van der Waals surface area (Å²) in [7, 11) is -7.52. The van der Waals surface area contributed by atoms with Crippen molar-refractivity contribution in [2.45, 2.75) is 30.9 Å². The Morgan fingerprint density at radius 3 is 2.35 bits per heavy atom. The largest absolute Gasteiger partial charge is 0.395 e. The van der Waals surface area contributed by atoms with Crippen molar-refractivity contribution in [1.29, 1.82) is 0 Å². The molecule has 0 aromatic heterocycles. The van der Waals surface area contributed by atoms with Crippen LogP contribution in [0.3, 0.4) is 0 Å². The average Bonchev–Trinajstić information content (AvgIpc) is 2.71. The fourth-order valence-corrected chi connectivity index (χ4v) is 6.28. The van der Waals surface area contributed by atoms with E-state index in [1.165, 1.54) is 12.1 Å². The van der Waals surface area contributed by atoms with Gasteiger partial charge in [0.1, 0.15) is 0 Å². The second-order valence-electron chi connectivity index (χ2n) is 5.80. The van der Waals surface area contributed by atoms with E-state index in [4.69, 9.17) is 0 Å². The highest BCUT2D eigenvalue weighted by atomic mass is 32.2. The lowest BCUT2D eigenvalue weighted by atomic mass is 10.1. The zero-order valence-corrected chi connectivity index (χ0v) is 14.6. The van der Waals surface area contributed by atoms with Crippen molar-refractivity contribution in [3.63, 3.8) is 0 Å². The van der Waals surface area contributed by atoms with Crippen molar-refractivity contribution in [1.82, 2.24) is 4.31 Å². The van der Waals surface area contributed by atoms with Gasteiger partial charge in [0.15, 0.2) is 9.84 Å². The van der Waals surface area contributed by atoms with Gasteiger partial charge in [0, 0.05) is 6.54 Å². The first kappa shape index (κ1) is 18.3. The number of sulfonamides is 1. The highest BCUT2D eigenvalue weighted by Gasteiger charge is 2.44. The summed E-state index contributed by atoms with van der Waals surface area (Å²) in [6, 6.07) is 3.53. The number of rotatable bonds is 5. The molecule has 0 unspecified atom stereocenters. The molecule has 0 spiro atoms. The van der Waals surface area contributed by atoms with Crippen molar-refractivity contribution in [2.75, 3.05) is 24.7 Å². The van der Waals surface area contributed by atoms with Gasteiger partial charge in [-0.25, -0.2) is 16.8 Å². The topological polar surface area (TPSA) is 112 Å². The van der Waals surface area contributed by atoms with Crippen LogP contribution in [0.15, 0.2) is 23.1 Å². The first-order valence-corrected chi connectivity index (χ1v) is 10.4. The van der Waals surface area contributed by atoms with Crippen LogP contribution >= 0.6 is 0 Å². The van der Waals surface area contributed by atoms with Crippen molar-refractivity contribution in [3.8, 4) is 0 Å². The first-order chi connectivity index (χ1) is 10.6. The Bertz CT molecular complexity index is 787. The molecule has 2 rings (SSSR count). The van der Waals surface area contributed by atoms with Crippen LogP contribution in [0.1, 0.15) is 11.1 Å². The van der Waals surface area contributed by atoms with E-state index in [-0.39, 0.29) is 11.4 Å². The molecule has 2 N–H and O–H groups in total. The van der Waals surface area contributed by atoms with E-state index >= 15 is 0 Å². The lowest BCUT2D eigenvalue weighted by Crippen LogP contribution is -2.47. The van der Waals surface area contributed by atoms with E-state index in [1.807, 2.05) is 6.92 Å². The summed E-state index contributed by atoms with van der Waals surface area (Å²) in [6.45, 7) is 2.89. The first-order valence-electron chi connectivity index (χ1n) is 7.17. The highest BCUT2D eigenvalue weighted by Crippen LogP contribution is 2.26. The highest BCUT2D eigenvalue weighted by molar-refractivity contribution is 7.92. The molecule has 130 valence electrons. The Kier molecular flexibility index (Phi) is 5.17. The van der Waals surface area contributed by atoms with Crippen molar-refractivity contribution < 1.29 is 27.0 Å². The molecule has 0 bridgehead atoms. The SMILES string of the molecule is Cc1ccc(S(=O)(=O)N(CCO)[C@H]2CS(=O)(=O)C[C@H]2O)cc1C. The van der Waals surface area contributed by atoms with Gasteiger partial charge in [-0.1, -0.05) is 6.07 Å². The zero-order valence-electron chi connectivity index (χ0n) is 13.0. The lowest BCUT2D eigenvalue weighted by molar-refractivity contribution is 0.117. The molecule has 0 radical (unpaired) electrons. The van der Waals surface area contributed by atoms with E-state index < -0.39 is 50.1 Å². The molecule has 23 heavy (non-hydrogen) atoms. The molecule has 2 atom stereocenters. The molecule has 1 aromatic carbocycles. The third-order valence-electron chi connectivity index (χ3n) is 4.07. The fraction of sp³-hybridized carbons (Fsp3) is 0.571. The minimum Gasteiger partial charge on any atom is -0.395 e. The molecule has 0 amide bonds. The van der Waals surface area contributed by atoms with Gasteiger partial charge in [0.05, 0.1) is 35.2 Å². The van der Waals surface area contributed by atoms with Crippen LogP contribution < -0.4 is 0 Å². The van der Waals surface area contributed by atoms with Crippen LogP contribution in [0.2, 0.25) is 0 Å². The summed E-state index contributed by atoms with van der Waals surface area (Å²) in [5.41, 5.74) is 1.72. The predicted octanol–water partition coefficient (Wildman–Crippen LogP) is -0.556. The normalized spacial score (nSPS) is 24.2. The second kappa shape index (κ2) is 6.48. The van der Waals surface area contributed by atoms with Crippen LogP contribution in [-0.4, -0.2) is 68.2 Å². The molecule has 0 aliphatic carbocycles. The summed E-state index contributed by atoms with van der Waals surface area (Å²) in [5.74, 6) is -0.916. The zero-order chi connectivity index (χ0) is 17.4. The molecule has 1 aliphatic heterocycles. The molecule has 1 fully saturated rings. The van der Waals surface area contributed by atoms with E-state index in [0.717, 1.165) is 15.4 Å². The standard InChI is InChI=1S/C14H21NO6S2/c1-10-3-4-12(7-11(10)2)23(20,21)15(5-6-16)13-8-22(18,19)9-14(13)17/h3-4,7,13-14,16-17H,5-6,8-9H2,1-2H3/t13-,14+/m0/s1. The quantitative estimate of drug-likeness (QED) is 0.726. The molecule has 1 aliphatic rings. The number of aliphatic hydroxyl groups excluding tert-OH is 2. The van der Waals surface area contributed by atoms with Crippen LogP contribution in [0.4, 0.5) is 0 Å². The Morgan fingerprint density at radius 1 is 1.22 bits per heavy atom. The second-order valence-corrected chi connectivity index (χ2v) is 9.84. The van der Waals surface area contributed by atoms with E-state index in [1.54, 1.807) is 13.0 Å². The van der Waals surface area contributed by atoms with Gasteiger partial charge < -0.3 is 10.2 Å². The molecule has 1 aromatic rings. The maximum atomic E-state index is 12.8. The monoisotopic (exact) mass is 363 g/mol. The Labute approximate surface area is 136 Å². The lowest BCUT2D eigenvalue weighted by Gasteiger charge is -2.28. The van der Waals surface area contributed by atoms with Crippen molar-refractivity contribution in [2.24, 2.45) is 0 Å². The number of hydrogen-bond acceptors (Lipinski definition) is 6. The molecular formula is C14H21NO6S2. The Morgan fingerprint density at radius 2 is 1.87 bits per heavy atom. The van der Waals surface area contributed by atoms with Gasteiger partial charge in [-0.15, -0.1) is 0 Å². The van der Waals surface area contributed by atoms with Gasteiger partial charge in [-0.05, 0) is 37.1 Å². The molecule has 1 saturated heterocycles. The smallest absolute Gasteiger partial charge is 0.243 e. The molecule has 9 heteroatoms. The molecule has 0 saturated carbocycles. The Balaban J connectivity index is 2.45. The number of aliphatic hydroxyl groups is 2. The molecular weight excluding hydrogens is 342 g/mol. The summed E-state index contributed by atoms with van der Waals surface area (Å²) in [4.78, 5) is 0.0190. The summed E-state index contributed by atoms with van der Waals surface area (Å²) < 4.78 is 49.9. The predicted molar refractivity (Wildman–Crippen MR) is 85.3 cm³/mol. The van der Waals surface area contributed by atoms with E-state index in [9.17, 15) is 27.0 Å². The maximum absolute atomic E-state index is 12.8. The number of aryl methyl sites for hydroxylation is 2. The summed E-state index contributed by atoms with van der Waals surface area (Å²) in [6.07, 6.45) is -1.30. The van der Waals surface area contributed by atoms with Gasteiger partial charge in [-0.3, -0.25) is 0 Å². The number of hydrogen-bond donors (Lipinski definition) is 2. The van der Waals surface area contributed by atoms with Gasteiger partial charge >= 0.3 is 0 Å². The average molecular weight is 363 g/mol. The van der Waals surface area contributed by atoms with Crippen LogP contribution in [0.5, 0.6) is 0 Å². The van der Waals surface area contributed by atoms with Gasteiger partial charge in [0.2, 0.25) is 10.0 Å². The number of nitrogens with zero attached hydrogens (tertiary/aromatic N) is 1. The maximum Gasteiger partial charge on any atom is 0.243 e. The van der Waals surface area contributed by atoms with Crippen LogP contribution in [-0.2, 0) is 19.9 Å². The minimum atomic E-state index is -4.02. The molecule has 7 nitrogen and oxygen atoms in total. The summed E-state index contributed by atoms with van der Waals surface area (Å²) in [5, 5.41) is 19.1. The van der Waals surface area contributed by atoms with Crippen LogP contribution in [0.25, 0.3) is 0 Å². The van der Waals surface area contributed by atoms with Crippen LogP contribution in [0, 0.1) is 13.8 Å². The third-order valence-corrected chi connectivity index (χ3v) is 7.69. The number of sulfone groups is 1. The van der Waals surface area contributed by atoms with Gasteiger partial charge in [0.25, 0.3) is 0 Å². The van der Waals surface area contributed by atoms with E-state index in [0.29, 0.717) is 0 Å². The van der Waals surface area contributed by atoms with E-state index in [2.05, 4.69) is 0 Å².